The third-order valence-electron chi connectivity index (χ3n) is 5.87. The van der Waals surface area contributed by atoms with Crippen LogP contribution in [-0.4, -0.2) is 65.6 Å². The lowest BCUT2D eigenvalue weighted by Gasteiger charge is -2.30. The van der Waals surface area contributed by atoms with E-state index in [1.807, 2.05) is 4.90 Å². The molecule has 0 radical (unpaired) electrons. The quantitative estimate of drug-likeness (QED) is 0.764. The second-order valence-electron chi connectivity index (χ2n) is 8.07. The SMILES string of the molecule is C[C@@H]1CCCN1c1nc(C(F)F)cc2cnc(NC3CCN(S(C)(=O)=O)CC3)nc12. The zero-order chi connectivity index (χ0) is 21.5. The number of nitrogens with one attached hydrogen (secondary N) is 1. The Morgan fingerprint density at radius 2 is 1.90 bits per heavy atom. The molecule has 4 heterocycles. The van der Waals surface area contributed by atoms with Gasteiger partial charge < -0.3 is 10.2 Å². The molecule has 2 aliphatic heterocycles. The van der Waals surface area contributed by atoms with Crippen LogP contribution in [0.1, 0.15) is 44.7 Å². The Hall–Kier alpha value is -2.14. The molecule has 0 aromatic carbocycles. The van der Waals surface area contributed by atoms with Crippen LogP contribution in [0, 0.1) is 0 Å². The Balaban J connectivity index is 1.61. The predicted octanol–water partition coefficient (Wildman–Crippen LogP) is 2.79. The third-order valence-corrected chi connectivity index (χ3v) is 7.18. The number of halogens is 2. The maximum Gasteiger partial charge on any atom is 0.280 e. The number of hydrogen-bond acceptors (Lipinski definition) is 7. The average Bonchev–Trinajstić information content (AvgIpc) is 3.12. The summed E-state index contributed by atoms with van der Waals surface area (Å²) >= 11 is 0. The maximum absolute atomic E-state index is 13.4. The summed E-state index contributed by atoms with van der Waals surface area (Å²) in [7, 11) is -3.18. The number of pyridine rings is 1. The van der Waals surface area contributed by atoms with E-state index in [-0.39, 0.29) is 17.8 Å². The monoisotopic (exact) mass is 440 g/mol. The van der Waals surface area contributed by atoms with Crippen molar-refractivity contribution in [2.24, 2.45) is 0 Å². The Kier molecular flexibility index (Phi) is 5.75. The van der Waals surface area contributed by atoms with E-state index >= 15 is 0 Å². The number of hydrogen-bond donors (Lipinski definition) is 1. The molecule has 0 bridgehead atoms. The molecule has 8 nitrogen and oxygen atoms in total. The van der Waals surface area contributed by atoms with Crippen molar-refractivity contribution in [1.29, 1.82) is 0 Å². The third kappa shape index (κ3) is 4.31. The highest BCUT2D eigenvalue weighted by Crippen LogP contribution is 2.33. The molecule has 0 spiro atoms. The second-order valence-corrected chi connectivity index (χ2v) is 10.1. The molecular formula is C19H26F2N6O2S. The first-order valence-electron chi connectivity index (χ1n) is 10.2. The van der Waals surface area contributed by atoms with Gasteiger partial charge in [-0.15, -0.1) is 0 Å². The molecule has 2 aliphatic rings. The molecule has 0 aliphatic carbocycles. The van der Waals surface area contributed by atoms with Crippen LogP contribution in [-0.2, 0) is 10.0 Å². The summed E-state index contributed by atoms with van der Waals surface area (Å²) in [5, 5.41) is 3.81. The maximum atomic E-state index is 13.4. The lowest BCUT2D eigenvalue weighted by molar-refractivity contribution is 0.146. The van der Waals surface area contributed by atoms with E-state index in [9.17, 15) is 17.2 Å². The van der Waals surface area contributed by atoms with E-state index in [0.29, 0.717) is 48.6 Å². The average molecular weight is 441 g/mol. The summed E-state index contributed by atoms with van der Waals surface area (Å²) < 4.78 is 51.6. The van der Waals surface area contributed by atoms with Gasteiger partial charge in [0.05, 0.1) is 6.26 Å². The first kappa shape index (κ1) is 21.1. The summed E-state index contributed by atoms with van der Waals surface area (Å²) in [4.78, 5) is 15.2. The zero-order valence-electron chi connectivity index (χ0n) is 17.1. The molecule has 4 rings (SSSR count). The normalized spacial score (nSPS) is 21.6. The summed E-state index contributed by atoms with van der Waals surface area (Å²) in [6.45, 7) is 3.71. The number of sulfonamides is 1. The van der Waals surface area contributed by atoms with Crippen molar-refractivity contribution in [3.63, 3.8) is 0 Å². The minimum Gasteiger partial charge on any atom is -0.352 e. The van der Waals surface area contributed by atoms with Crippen LogP contribution in [0.25, 0.3) is 10.9 Å². The number of anilines is 2. The first-order valence-corrected chi connectivity index (χ1v) is 12.0. The minimum atomic E-state index is -3.18. The van der Waals surface area contributed by atoms with Gasteiger partial charge in [0.15, 0.2) is 5.82 Å². The van der Waals surface area contributed by atoms with Gasteiger partial charge in [0, 0.05) is 43.3 Å². The van der Waals surface area contributed by atoms with Crippen molar-refractivity contribution < 1.29 is 17.2 Å². The van der Waals surface area contributed by atoms with Crippen molar-refractivity contribution in [2.45, 2.75) is 51.1 Å². The van der Waals surface area contributed by atoms with Gasteiger partial charge in [-0.2, -0.15) is 0 Å². The highest BCUT2D eigenvalue weighted by Gasteiger charge is 2.27. The fourth-order valence-electron chi connectivity index (χ4n) is 4.19. The molecule has 2 saturated heterocycles. The van der Waals surface area contributed by atoms with Crippen molar-refractivity contribution >= 4 is 32.7 Å². The number of alkyl halides is 2. The highest BCUT2D eigenvalue weighted by molar-refractivity contribution is 7.88. The number of aromatic nitrogens is 3. The molecule has 2 fully saturated rings. The van der Waals surface area contributed by atoms with Crippen LogP contribution in [0.5, 0.6) is 0 Å². The van der Waals surface area contributed by atoms with E-state index < -0.39 is 16.4 Å². The van der Waals surface area contributed by atoms with E-state index in [2.05, 4.69) is 27.2 Å². The highest BCUT2D eigenvalue weighted by atomic mass is 32.2. The second kappa shape index (κ2) is 8.18. The smallest absolute Gasteiger partial charge is 0.280 e. The number of piperidine rings is 1. The molecule has 1 N–H and O–H groups in total. The zero-order valence-corrected chi connectivity index (χ0v) is 17.9. The molecule has 30 heavy (non-hydrogen) atoms. The molecule has 11 heteroatoms. The van der Waals surface area contributed by atoms with Gasteiger partial charge in [0.25, 0.3) is 6.43 Å². The lowest BCUT2D eigenvalue weighted by atomic mass is 10.1. The molecule has 0 amide bonds. The Labute approximate surface area is 174 Å². The van der Waals surface area contributed by atoms with Crippen LogP contribution >= 0.6 is 0 Å². The van der Waals surface area contributed by atoms with Gasteiger partial charge in [-0.25, -0.2) is 36.5 Å². The minimum absolute atomic E-state index is 0.0444. The van der Waals surface area contributed by atoms with Crippen LogP contribution in [0.15, 0.2) is 12.3 Å². The molecule has 0 saturated carbocycles. The first-order chi connectivity index (χ1) is 14.2. The van der Waals surface area contributed by atoms with Crippen molar-refractivity contribution in [3.8, 4) is 0 Å². The lowest BCUT2D eigenvalue weighted by Crippen LogP contribution is -2.42. The summed E-state index contributed by atoms with van der Waals surface area (Å²) in [6.07, 6.45) is 3.36. The molecule has 164 valence electrons. The Morgan fingerprint density at radius 3 is 2.50 bits per heavy atom. The number of fused-ring (bicyclic) bond motifs is 1. The van der Waals surface area contributed by atoms with Crippen molar-refractivity contribution in [2.75, 3.05) is 36.1 Å². The summed E-state index contributed by atoms with van der Waals surface area (Å²) in [5.41, 5.74) is 0.285. The Bertz CT molecular complexity index is 1030. The molecular weight excluding hydrogens is 414 g/mol. The molecule has 2 aromatic heterocycles. The van der Waals surface area contributed by atoms with Gasteiger partial charge in [-0.05, 0) is 38.7 Å². The van der Waals surface area contributed by atoms with Crippen LogP contribution < -0.4 is 10.2 Å². The Morgan fingerprint density at radius 1 is 1.17 bits per heavy atom. The standard InChI is InChI=1S/C19H26F2N6O2S/c1-12-4-3-7-27(12)18-16-13(10-15(24-18)17(20)21)11-22-19(25-16)23-14-5-8-26(9-6-14)30(2,28)29/h10-12,14,17H,3-9H2,1-2H3,(H,22,23,25)/t12-/m1/s1. The molecule has 1 atom stereocenters. The fraction of sp³-hybridized carbons (Fsp3) is 0.632. The van der Waals surface area contributed by atoms with Crippen molar-refractivity contribution in [1.82, 2.24) is 19.3 Å². The van der Waals surface area contributed by atoms with Gasteiger partial charge in [0.2, 0.25) is 16.0 Å². The van der Waals surface area contributed by atoms with E-state index in [1.54, 1.807) is 6.20 Å². The van der Waals surface area contributed by atoms with Gasteiger partial charge in [-0.3, -0.25) is 0 Å². The topological polar surface area (TPSA) is 91.3 Å². The molecule has 0 unspecified atom stereocenters. The van der Waals surface area contributed by atoms with Crippen LogP contribution in [0.3, 0.4) is 0 Å². The van der Waals surface area contributed by atoms with Crippen LogP contribution in [0.4, 0.5) is 20.5 Å². The summed E-state index contributed by atoms with van der Waals surface area (Å²) in [5.74, 6) is 0.880. The van der Waals surface area contributed by atoms with E-state index in [0.717, 1.165) is 19.4 Å². The van der Waals surface area contributed by atoms with E-state index in [1.165, 1.54) is 16.6 Å². The molecule has 2 aromatic rings. The summed E-state index contributed by atoms with van der Waals surface area (Å²) in [6, 6.07) is 1.60. The number of nitrogens with zero attached hydrogens (tertiary/aromatic N) is 5. The van der Waals surface area contributed by atoms with Gasteiger partial charge >= 0.3 is 0 Å². The van der Waals surface area contributed by atoms with E-state index in [4.69, 9.17) is 0 Å². The fourth-order valence-corrected chi connectivity index (χ4v) is 5.06. The number of rotatable bonds is 5. The van der Waals surface area contributed by atoms with Gasteiger partial charge in [0.1, 0.15) is 11.2 Å². The predicted molar refractivity (Wildman–Crippen MR) is 111 cm³/mol. The largest absolute Gasteiger partial charge is 0.352 e. The van der Waals surface area contributed by atoms with Crippen molar-refractivity contribution in [3.05, 3.63) is 18.0 Å². The van der Waals surface area contributed by atoms with Gasteiger partial charge in [-0.1, -0.05) is 0 Å². The van der Waals surface area contributed by atoms with Crippen LogP contribution in [0.2, 0.25) is 0 Å².